The van der Waals surface area contributed by atoms with Crippen molar-refractivity contribution in [2.24, 2.45) is 0 Å². The zero-order chi connectivity index (χ0) is 19.8. The highest BCUT2D eigenvalue weighted by atomic mass is 35.5. The second-order valence-electron chi connectivity index (χ2n) is 6.65. The second kappa shape index (κ2) is 7.07. The Balaban J connectivity index is 1.38. The molecule has 5 aromatic rings. The Labute approximate surface area is 171 Å². The van der Waals surface area contributed by atoms with E-state index in [1.165, 1.54) is 6.07 Å². The number of aromatic hydroxyl groups is 1. The van der Waals surface area contributed by atoms with E-state index in [9.17, 15) is 5.11 Å². The highest BCUT2D eigenvalue weighted by Gasteiger charge is 2.12. The molecule has 0 bridgehead atoms. The fourth-order valence-corrected chi connectivity index (χ4v) is 3.37. The second-order valence-corrected chi connectivity index (χ2v) is 7.05. The van der Waals surface area contributed by atoms with Crippen LogP contribution in [0.4, 0.5) is 0 Å². The van der Waals surface area contributed by atoms with Crippen LogP contribution >= 0.6 is 11.6 Å². The van der Waals surface area contributed by atoms with E-state index in [-0.39, 0.29) is 10.8 Å². The van der Waals surface area contributed by atoms with E-state index >= 15 is 0 Å². The largest absolute Gasteiger partial charge is 0.506 e. The first-order valence-electron chi connectivity index (χ1n) is 8.99. The average Bonchev–Trinajstić information content (AvgIpc) is 3.39. The third-order valence-corrected chi connectivity index (χ3v) is 5.02. The molecule has 0 aliphatic rings. The summed E-state index contributed by atoms with van der Waals surface area (Å²) in [5.41, 5.74) is 4.73. The van der Waals surface area contributed by atoms with E-state index in [0.717, 1.165) is 28.7 Å². The smallest absolute Gasteiger partial charge is 0.258 e. The Kier molecular flexibility index (Phi) is 4.26. The first kappa shape index (κ1) is 17.5. The van der Waals surface area contributed by atoms with Gasteiger partial charge in [0.05, 0.1) is 22.4 Å². The topological polar surface area (TPSA) is 77.0 Å². The monoisotopic (exact) mass is 402 g/mol. The van der Waals surface area contributed by atoms with Crippen LogP contribution in [0, 0.1) is 0 Å². The lowest BCUT2D eigenvalue weighted by molar-refractivity contribution is 0.432. The summed E-state index contributed by atoms with van der Waals surface area (Å²) >= 11 is 5.95. The number of phenolic OH excluding ortho intramolecular Hbond substituents is 1. The van der Waals surface area contributed by atoms with Crippen molar-refractivity contribution >= 4 is 22.6 Å². The molecule has 2 heterocycles. The van der Waals surface area contributed by atoms with Crippen molar-refractivity contribution in [1.82, 2.24) is 19.7 Å². The first-order chi connectivity index (χ1) is 14.2. The number of nitrogens with zero attached hydrogens (tertiary/aromatic N) is 4. The summed E-state index contributed by atoms with van der Waals surface area (Å²) in [6.45, 7) is 0.726. The van der Waals surface area contributed by atoms with Gasteiger partial charge >= 0.3 is 0 Å². The Morgan fingerprint density at radius 3 is 2.59 bits per heavy atom. The minimum atomic E-state index is 0.0106. The SMILES string of the molecule is Oc1ccc(-c2nc(-c3ccc(Cn4cnc5ccccc54)cc3)no2)cc1Cl. The summed E-state index contributed by atoms with van der Waals surface area (Å²) in [4.78, 5) is 8.86. The number of aromatic nitrogens is 4. The van der Waals surface area contributed by atoms with Crippen LogP contribution in [-0.4, -0.2) is 24.8 Å². The molecule has 6 nitrogen and oxygen atoms in total. The molecular weight excluding hydrogens is 388 g/mol. The van der Waals surface area contributed by atoms with Gasteiger partial charge in [-0.05, 0) is 35.9 Å². The molecule has 0 spiro atoms. The van der Waals surface area contributed by atoms with Crippen LogP contribution in [0.3, 0.4) is 0 Å². The Hall–Kier alpha value is -3.64. The summed E-state index contributed by atoms with van der Waals surface area (Å²) in [6, 6.07) is 20.8. The summed E-state index contributed by atoms with van der Waals surface area (Å²) in [5, 5.41) is 13.8. The van der Waals surface area contributed by atoms with Gasteiger partial charge < -0.3 is 14.2 Å². The number of halogens is 1. The van der Waals surface area contributed by atoms with Crippen LogP contribution in [0.2, 0.25) is 5.02 Å². The molecule has 3 aromatic carbocycles. The van der Waals surface area contributed by atoms with Gasteiger partial charge in [-0.15, -0.1) is 0 Å². The number of hydrogen-bond acceptors (Lipinski definition) is 5. The molecule has 0 aliphatic carbocycles. The van der Waals surface area contributed by atoms with Gasteiger partial charge in [0.1, 0.15) is 5.75 Å². The van der Waals surface area contributed by atoms with E-state index < -0.39 is 0 Å². The Morgan fingerprint density at radius 1 is 0.966 bits per heavy atom. The van der Waals surface area contributed by atoms with Gasteiger partial charge in [-0.3, -0.25) is 0 Å². The molecule has 0 atom stereocenters. The molecule has 0 unspecified atom stereocenters. The predicted molar refractivity (Wildman–Crippen MR) is 111 cm³/mol. The molecule has 7 heteroatoms. The molecule has 0 fully saturated rings. The van der Waals surface area contributed by atoms with Gasteiger partial charge in [0.15, 0.2) is 0 Å². The average molecular weight is 403 g/mol. The van der Waals surface area contributed by atoms with Crippen LogP contribution in [0.5, 0.6) is 5.75 Å². The quantitative estimate of drug-likeness (QED) is 0.449. The lowest BCUT2D eigenvalue weighted by atomic mass is 10.1. The van der Waals surface area contributed by atoms with Gasteiger partial charge in [0, 0.05) is 17.7 Å². The molecule has 29 heavy (non-hydrogen) atoms. The Morgan fingerprint density at radius 2 is 1.76 bits per heavy atom. The summed E-state index contributed by atoms with van der Waals surface area (Å²) in [5.74, 6) is 0.844. The number of hydrogen-bond donors (Lipinski definition) is 1. The zero-order valence-corrected chi connectivity index (χ0v) is 15.9. The van der Waals surface area contributed by atoms with Crippen molar-refractivity contribution < 1.29 is 9.63 Å². The molecule has 0 radical (unpaired) electrons. The lowest BCUT2D eigenvalue weighted by Gasteiger charge is -2.05. The van der Waals surface area contributed by atoms with Crippen molar-refractivity contribution in [3.63, 3.8) is 0 Å². The van der Waals surface area contributed by atoms with Crippen molar-refractivity contribution in [3.05, 3.63) is 83.6 Å². The minimum absolute atomic E-state index is 0.0106. The number of rotatable bonds is 4. The zero-order valence-electron chi connectivity index (χ0n) is 15.2. The molecule has 1 N–H and O–H groups in total. The van der Waals surface area contributed by atoms with Gasteiger partial charge in [-0.25, -0.2) is 4.98 Å². The van der Waals surface area contributed by atoms with Crippen LogP contribution in [0.25, 0.3) is 33.9 Å². The Bertz CT molecular complexity index is 1310. The molecule has 5 rings (SSSR count). The van der Waals surface area contributed by atoms with Gasteiger partial charge in [0.2, 0.25) is 5.82 Å². The maximum Gasteiger partial charge on any atom is 0.258 e. The number of imidazole rings is 1. The van der Waals surface area contributed by atoms with Gasteiger partial charge in [0.25, 0.3) is 5.89 Å². The predicted octanol–water partition coefficient (Wildman–Crippen LogP) is 5.16. The fourth-order valence-electron chi connectivity index (χ4n) is 3.19. The minimum Gasteiger partial charge on any atom is -0.506 e. The number of benzene rings is 3. The van der Waals surface area contributed by atoms with E-state index in [4.69, 9.17) is 16.1 Å². The maximum absolute atomic E-state index is 9.55. The van der Waals surface area contributed by atoms with E-state index in [1.54, 1.807) is 12.1 Å². The summed E-state index contributed by atoms with van der Waals surface area (Å²) < 4.78 is 7.47. The third-order valence-electron chi connectivity index (χ3n) is 4.71. The van der Waals surface area contributed by atoms with Gasteiger partial charge in [-0.1, -0.05) is 53.2 Å². The van der Waals surface area contributed by atoms with Crippen LogP contribution < -0.4 is 0 Å². The normalized spacial score (nSPS) is 11.2. The third kappa shape index (κ3) is 3.34. The molecular formula is C22H15ClN4O2. The maximum atomic E-state index is 9.55. The van der Waals surface area contributed by atoms with E-state index in [1.807, 2.05) is 48.8 Å². The molecule has 0 amide bonds. The van der Waals surface area contributed by atoms with Crippen molar-refractivity contribution in [3.8, 4) is 28.6 Å². The standard InChI is InChI=1S/C22H15ClN4O2/c23-17-11-16(9-10-20(17)28)22-25-21(26-29-22)15-7-5-14(6-8-15)12-27-13-24-18-3-1-2-4-19(18)27/h1-11,13,28H,12H2. The number of para-hydroxylation sites is 2. The van der Waals surface area contributed by atoms with Crippen LogP contribution in [-0.2, 0) is 6.54 Å². The van der Waals surface area contributed by atoms with Crippen LogP contribution in [0.1, 0.15) is 5.56 Å². The number of fused-ring (bicyclic) bond motifs is 1. The van der Waals surface area contributed by atoms with Crippen molar-refractivity contribution in [2.75, 3.05) is 0 Å². The lowest BCUT2D eigenvalue weighted by Crippen LogP contribution is -1.97. The molecule has 0 saturated heterocycles. The highest BCUT2D eigenvalue weighted by molar-refractivity contribution is 6.32. The van der Waals surface area contributed by atoms with Gasteiger partial charge in [-0.2, -0.15) is 4.98 Å². The first-order valence-corrected chi connectivity index (χ1v) is 9.37. The molecule has 0 saturated carbocycles. The van der Waals surface area contributed by atoms with E-state index in [2.05, 4.69) is 25.8 Å². The molecule has 142 valence electrons. The number of phenols is 1. The fraction of sp³-hybridized carbons (Fsp3) is 0.0455. The summed E-state index contributed by atoms with van der Waals surface area (Å²) in [7, 11) is 0. The highest BCUT2D eigenvalue weighted by Crippen LogP contribution is 2.29. The van der Waals surface area contributed by atoms with E-state index in [0.29, 0.717) is 17.3 Å². The van der Waals surface area contributed by atoms with Crippen molar-refractivity contribution in [1.29, 1.82) is 0 Å². The van der Waals surface area contributed by atoms with Crippen LogP contribution in [0.15, 0.2) is 77.6 Å². The summed E-state index contributed by atoms with van der Waals surface area (Å²) in [6.07, 6.45) is 1.85. The molecule has 0 aliphatic heterocycles. The van der Waals surface area contributed by atoms with Crippen molar-refractivity contribution in [2.45, 2.75) is 6.54 Å². The molecule has 2 aromatic heterocycles.